The summed E-state index contributed by atoms with van der Waals surface area (Å²) in [5.74, 6) is -0.706. The highest BCUT2D eigenvalue weighted by molar-refractivity contribution is 5.95. The molecule has 32 heavy (non-hydrogen) atoms. The number of para-hydroxylation sites is 2. The van der Waals surface area contributed by atoms with Crippen LogP contribution in [0, 0.1) is 11.8 Å². The van der Waals surface area contributed by atoms with Crippen LogP contribution < -0.4 is 0 Å². The van der Waals surface area contributed by atoms with Crippen molar-refractivity contribution in [3.63, 3.8) is 0 Å². The van der Waals surface area contributed by atoms with Gasteiger partial charge in [0.2, 0.25) is 0 Å². The van der Waals surface area contributed by atoms with Crippen molar-refractivity contribution < 1.29 is 19.4 Å². The van der Waals surface area contributed by atoms with Crippen LogP contribution in [0.4, 0.5) is 0 Å². The van der Waals surface area contributed by atoms with E-state index in [-0.39, 0.29) is 17.9 Å². The lowest BCUT2D eigenvalue weighted by atomic mass is 9.93. The minimum atomic E-state index is -0.802. The monoisotopic (exact) mass is 444 g/mol. The minimum Gasteiger partial charge on any atom is -0.481 e. The van der Waals surface area contributed by atoms with Gasteiger partial charge < -0.3 is 24.2 Å². The van der Waals surface area contributed by atoms with Crippen LogP contribution in [-0.4, -0.2) is 82.8 Å². The number of piperidine rings is 1. The van der Waals surface area contributed by atoms with E-state index in [0.29, 0.717) is 45.0 Å². The number of amides is 1. The fourth-order valence-corrected chi connectivity index (χ4v) is 4.59. The smallest absolute Gasteiger partial charge is 0.307 e. The third-order valence-electron chi connectivity index (χ3n) is 6.05. The van der Waals surface area contributed by atoms with E-state index in [4.69, 9.17) is 9.72 Å². The number of imidazole rings is 1. The summed E-state index contributed by atoms with van der Waals surface area (Å²) >= 11 is 0. The molecule has 1 fully saturated rings. The summed E-state index contributed by atoms with van der Waals surface area (Å²) in [6, 6.07) is 7.66. The molecule has 2 aromatic rings. The van der Waals surface area contributed by atoms with Gasteiger partial charge in [0.15, 0.2) is 5.82 Å². The number of carbonyl (C=O) groups excluding carboxylic acids is 1. The Morgan fingerprint density at radius 1 is 1.25 bits per heavy atom. The van der Waals surface area contributed by atoms with Gasteiger partial charge >= 0.3 is 5.97 Å². The van der Waals surface area contributed by atoms with Gasteiger partial charge in [-0.25, -0.2) is 4.98 Å². The van der Waals surface area contributed by atoms with Gasteiger partial charge in [0.1, 0.15) is 0 Å². The molecule has 0 aliphatic carbocycles. The van der Waals surface area contributed by atoms with Crippen LogP contribution in [0.15, 0.2) is 24.3 Å². The number of hydrogen-bond acceptors (Lipinski definition) is 5. The number of benzene rings is 1. The number of aromatic nitrogens is 2. The van der Waals surface area contributed by atoms with Gasteiger partial charge in [-0.1, -0.05) is 26.0 Å². The molecule has 1 saturated heterocycles. The molecule has 1 amide bonds. The Hall–Kier alpha value is -2.45. The fraction of sp³-hybridized carbons (Fsp3) is 0.625. The summed E-state index contributed by atoms with van der Waals surface area (Å²) < 4.78 is 7.19. The second-order valence-electron chi connectivity index (χ2n) is 9.27. The molecule has 8 nitrogen and oxygen atoms in total. The van der Waals surface area contributed by atoms with Crippen molar-refractivity contribution in [2.24, 2.45) is 11.8 Å². The zero-order valence-electron chi connectivity index (χ0n) is 19.7. The van der Waals surface area contributed by atoms with Gasteiger partial charge in [-0.3, -0.25) is 9.59 Å². The first kappa shape index (κ1) is 24.2. The third kappa shape index (κ3) is 5.66. The van der Waals surface area contributed by atoms with Gasteiger partial charge in [0.05, 0.1) is 17.0 Å². The number of carboxylic acids is 1. The maximum atomic E-state index is 13.9. The minimum absolute atomic E-state index is 0.119. The van der Waals surface area contributed by atoms with Crippen molar-refractivity contribution in [2.45, 2.75) is 45.7 Å². The largest absolute Gasteiger partial charge is 0.481 e. The van der Waals surface area contributed by atoms with E-state index in [9.17, 15) is 14.7 Å². The summed E-state index contributed by atoms with van der Waals surface area (Å²) in [5.41, 5.74) is 1.75. The quantitative estimate of drug-likeness (QED) is 0.567. The van der Waals surface area contributed by atoms with E-state index in [1.807, 2.05) is 45.7 Å². The third-order valence-corrected chi connectivity index (χ3v) is 6.05. The molecule has 2 heterocycles. The first-order valence-electron chi connectivity index (χ1n) is 11.5. The fourth-order valence-electron chi connectivity index (χ4n) is 4.59. The molecule has 1 N–H and O–H groups in total. The van der Waals surface area contributed by atoms with E-state index >= 15 is 0 Å². The van der Waals surface area contributed by atoms with E-state index in [1.54, 1.807) is 7.11 Å². The standard InChI is InChI=1S/C24H36N4O4/c1-17(2)14-28(19-13-18(24(30)31)15-26(3)16-19)23(29)22-25-20-9-5-6-10-21(20)27(22)11-7-8-12-32-4/h5-6,9-10,17-19H,7-8,11-16H2,1-4H3,(H,30,31)/t18-,19+/m1/s1. The first-order chi connectivity index (χ1) is 15.3. The second kappa shape index (κ2) is 10.9. The van der Waals surface area contributed by atoms with Gasteiger partial charge in [-0.2, -0.15) is 0 Å². The van der Waals surface area contributed by atoms with Crippen molar-refractivity contribution in [1.29, 1.82) is 0 Å². The van der Waals surface area contributed by atoms with Crippen LogP contribution in [0.1, 0.15) is 43.7 Å². The van der Waals surface area contributed by atoms with Gasteiger partial charge in [0, 0.05) is 45.9 Å². The number of aliphatic carboxylic acids is 1. The number of fused-ring (bicyclic) bond motifs is 1. The van der Waals surface area contributed by atoms with Crippen LogP contribution >= 0.6 is 0 Å². The number of rotatable bonds is 10. The molecular weight excluding hydrogens is 408 g/mol. The van der Waals surface area contributed by atoms with Gasteiger partial charge in [0.25, 0.3) is 5.91 Å². The van der Waals surface area contributed by atoms with E-state index < -0.39 is 11.9 Å². The normalized spacial score (nSPS) is 19.5. The average molecular weight is 445 g/mol. The number of nitrogens with zero attached hydrogens (tertiary/aromatic N) is 4. The number of carboxylic acid groups (broad SMARTS) is 1. The highest BCUT2D eigenvalue weighted by Gasteiger charge is 2.36. The van der Waals surface area contributed by atoms with Crippen molar-refractivity contribution in [3.8, 4) is 0 Å². The predicted octanol–water partition coefficient (Wildman–Crippen LogP) is 2.97. The molecule has 2 atom stereocenters. The van der Waals surface area contributed by atoms with E-state index in [2.05, 4.69) is 13.8 Å². The lowest BCUT2D eigenvalue weighted by Crippen LogP contribution is -2.54. The molecule has 1 aliphatic rings. The van der Waals surface area contributed by atoms with Crippen LogP contribution in [0.3, 0.4) is 0 Å². The summed E-state index contributed by atoms with van der Waals surface area (Å²) in [7, 11) is 3.61. The summed E-state index contributed by atoms with van der Waals surface area (Å²) in [5, 5.41) is 9.62. The maximum absolute atomic E-state index is 13.9. The number of likely N-dealkylation sites (N-methyl/N-ethyl adjacent to an activating group) is 1. The van der Waals surface area contributed by atoms with Crippen LogP contribution in [0.5, 0.6) is 0 Å². The maximum Gasteiger partial charge on any atom is 0.307 e. The molecule has 8 heteroatoms. The molecule has 1 aromatic carbocycles. The van der Waals surface area contributed by atoms with Crippen LogP contribution in [0.25, 0.3) is 11.0 Å². The van der Waals surface area contributed by atoms with Crippen molar-refractivity contribution in [1.82, 2.24) is 19.4 Å². The number of aryl methyl sites for hydroxylation is 1. The molecule has 3 rings (SSSR count). The molecule has 0 saturated carbocycles. The summed E-state index contributed by atoms with van der Waals surface area (Å²) in [4.78, 5) is 34.2. The molecule has 0 radical (unpaired) electrons. The Morgan fingerprint density at radius 3 is 2.69 bits per heavy atom. The zero-order valence-corrected chi connectivity index (χ0v) is 19.7. The van der Waals surface area contributed by atoms with Crippen molar-refractivity contribution in [2.75, 3.05) is 40.4 Å². The van der Waals surface area contributed by atoms with E-state index in [0.717, 1.165) is 23.9 Å². The second-order valence-corrected chi connectivity index (χ2v) is 9.27. The Balaban J connectivity index is 1.94. The van der Waals surface area contributed by atoms with E-state index in [1.165, 1.54) is 0 Å². The number of methoxy groups -OCH3 is 1. The highest BCUT2D eigenvalue weighted by Crippen LogP contribution is 2.25. The summed E-state index contributed by atoms with van der Waals surface area (Å²) in [6.45, 7) is 7.26. The Bertz CT molecular complexity index is 926. The number of likely N-dealkylation sites (tertiary alicyclic amines) is 1. The molecule has 0 spiro atoms. The number of ether oxygens (including phenoxy) is 1. The topological polar surface area (TPSA) is 87.9 Å². The first-order valence-corrected chi connectivity index (χ1v) is 11.5. The molecule has 0 bridgehead atoms. The van der Waals surface area contributed by atoms with Crippen molar-refractivity contribution >= 4 is 22.9 Å². The number of hydrogen-bond donors (Lipinski definition) is 1. The number of unbranched alkanes of at least 4 members (excludes halogenated alkanes) is 1. The van der Waals surface area contributed by atoms with Crippen LogP contribution in [-0.2, 0) is 16.1 Å². The Morgan fingerprint density at radius 2 is 2.00 bits per heavy atom. The molecule has 0 unspecified atom stereocenters. The molecule has 176 valence electrons. The molecule has 1 aromatic heterocycles. The van der Waals surface area contributed by atoms with Crippen LogP contribution in [0.2, 0.25) is 0 Å². The Labute approximate surface area is 190 Å². The molecule has 1 aliphatic heterocycles. The van der Waals surface area contributed by atoms with Crippen molar-refractivity contribution in [3.05, 3.63) is 30.1 Å². The molecular formula is C24H36N4O4. The lowest BCUT2D eigenvalue weighted by molar-refractivity contribution is -0.144. The van der Waals surface area contributed by atoms with Gasteiger partial charge in [-0.05, 0) is 44.4 Å². The SMILES string of the molecule is COCCCCn1c(C(=O)N(CC(C)C)[C@H]2C[C@@H](C(=O)O)CN(C)C2)nc2ccccc21. The average Bonchev–Trinajstić information content (AvgIpc) is 3.12. The predicted molar refractivity (Wildman–Crippen MR) is 124 cm³/mol. The Kier molecular flexibility index (Phi) is 8.26. The van der Waals surface area contributed by atoms with Gasteiger partial charge in [-0.15, -0.1) is 0 Å². The number of carbonyl (C=O) groups is 2. The zero-order chi connectivity index (χ0) is 23.3. The summed E-state index contributed by atoms with van der Waals surface area (Å²) in [6.07, 6.45) is 2.25. The highest BCUT2D eigenvalue weighted by atomic mass is 16.5. The lowest BCUT2D eigenvalue weighted by Gasteiger charge is -2.41.